The zero-order valence-corrected chi connectivity index (χ0v) is 11.4. The average molecular weight is 248 g/mol. The quantitative estimate of drug-likeness (QED) is 0.843. The summed E-state index contributed by atoms with van der Waals surface area (Å²) in [6.45, 7) is 6.63. The van der Waals surface area contributed by atoms with E-state index in [0.29, 0.717) is 6.54 Å². The summed E-state index contributed by atoms with van der Waals surface area (Å²) in [7, 11) is 0. The molecule has 3 N–H and O–H groups in total. The van der Waals surface area contributed by atoms with Crippen molar-refractivity contribution in [2.24, 2.45) is 5.73 Å². The van der Waals surface area contributed by atoms with Crippen LogP contribution in [0, 0.1) is 6.92 Å². The standard InChI is InChI=1S/C15H24N2O/c1-12-10-13(11-16)4-5-14(12)17-8-3-6-15(2,18)7-9-17/h4-5,10,18H,3,6-9,11,16H2,1-2H3. The summed E-state index contributed by atoms with van der Waals surface area (Å²) in [5, 5.41) is 10.1. The highest BCUT2D eigenvalue weighted by molar-refractivity contribution is 5.54. The maximum Gasteiger partial charge on any atom is 0.0637 e. The predicted molar refractivity (Wildman–Crippen MR) is 75.8 cm³/mol. The van der Waals surface area contributed by atoms with Crippen LogP contribution in [0.3, 0.4) is 0 Å². The van der Waals surface area contributed by atoms with Gasteiger partial charge in [-0.3, -0.25) is 0 Å². The summed E-state index contributed by atoms with van der Waals surface area (Å²) in [5.74, 6) is 0. The van der Waals surface area contributed by atoms with Crippen LogP contribution in [0.25, 0.3) is 0 Å². The predicted octanol–water partition coefficient (Wildman–Crippen LogP) is 2.20. The molecule has 3 nitrogen and oxygen atoms in total. The van der Waals surface area contributed by atoms with Crippen LogP contribution >= 0.6 is 0 Å². The topological polar surface area (TPSA) is 49.5 Å². The Balaban J connectivity index is 2.16. The Morgan fingerprint density at radius 1 is 1.33 bits per heavy atom. The molecule has 100 valence electrons. The minimum Gasteiger partial charge on any atom is -0.390 e. The lowest BCUT2D eigenvalue weighted by Gasteiger charge is -2.26. The van der Waals surface area contributed by atoms with Gasteiger partial charge in [0.05, 0.1) is 5.60 Å². The van der Waals surface area contributed by atoms with Gasteiger partial charge in [0, 0.05) is 25.3 Å². The van der Waals surface area contributed by atoms with E-state index in [4.69, 9.17) is 5.73 Å². The third-order valence-electron chi connectivity index (χ3n) is 3.90. The second kappa shape index (κ2) is 5.29. The highest BCUT2D eigenvalue weighted by Crippen LogP contribution is 2.27. The van der Waals surface area contributed by atoms with E-state index in [1.165, 1.54) is 16.8 Å². The van der Waals surface area contributed by atoms with Gasteiger partial charge in [0.15, 0.2) is 0 Å². The van der Waals surface area contributed by atoms with E-state index < -0.39 is 5.60 Å². The number of benzene rings is 1. The van der Waals surface area contributed by atoms with Crippen molar-refractivity contribution >= 4 is 5.69 Å². The van der Waals surface area contributed by atoms with Gasteiger partial charge in [-0.15, -0.1) is 0 Å². The molecule has 1 atom stereocenters. The Hall–Kier alpha value is -1.06. The summed E-state index contributed by atoms with van der Waals surface area (Å²) in [6, 6.07) is 6.43. The molecule has 0 radical (unpaired) electrons. The minimum absolute atomic E-state index is 0.500. The van der Waals surface area contributed by atoms with Gasteiger partial charge in [0.25, 0.3) is 0 Å². The molecule has 1 heterocycles. The molecular formula is C15H24N2O. The lowest BCUT2D eigenvalue weighted by molar-refractivity contribution is 0.0481. The molecule has 0 aliphatic carbocycles. The largest absolute Gasteiger partial charge is 0.390 e. The molecule has 3 heteroatoms. The summed E-state index contributed by atoms with van der Waals surface area (Å²) in [6.07, 6.45) is 2.78. The highest BCUT2D eigenvalue weighted by Gasteiger charge is 2.25. The number of nitrogens with zero attached hydrogens (tertiary/aromatic N) is 1. The molecule has 1 unspecified atom stereocenters. The zero-order valence-electron chi connectivity index (χ0n) is 11.4. The first-order valence-corrected chi connectivity index (χ1v) is 6.79. The summed E-state index contributed by atoms with van der Waals surface area (Å²) in [5.41, 5.74) is 8.90. The van der Waals surface area contributed by atoms with Crippen LogP contribution in [0.2, 0.25) is 0 Å². The van der Waals surface area contributed by atoms with Crippen molar-refractivity contribution < 1.29 is 5.11 Å². The van der Waals surface area contributed by atoms with Crippen LogP contribution in [0.4, 0.5) is 5.69 Å². The van der Waals surface area contributed by atoms with Crippen molar-refractivity contribution in [3.05, 3.63) is 29.3 Å². The van der Waals surface area contributed by atoms with Crippen molar-refractivity contribution in [1.29, 1.82) is 0 Å². The van der Waals surface area contributed by atoms with Crippen molar-refractivity contribution in [1.82, 2.24) is 0 Å². The van der Waals surface area contributed by atoms with E-state index in [-0.39, 0.29) is 0 Å². The smallest absolute Gasteiger partial charge is 0.0637 e. The number of aliphatic hydroxyl groups is 1. The molecule has 1 aromatic carbocycles. The summed E-state index contributed by atoms with van der Waals surface area (Å²) in [4.78, 5) is 2.39. The Kier molecular flexibility index (Phi) is 3.93. The van der Waals surface area contributed by atoms with Crippen LogP contribution in [0.5, 0.6) is 0 Å². The minimum atomic E-state index is -0.500. The molecule has 0 amide bonds. The maximum atomic E-state index is 10.1. The van der Waals surface area contributed by atoms with Crippen molar-refractivity contribution in [3.63, 3.8) is 0 Å². The molecule has 2 rings (SSSR count). The molecule has 1 saturated heterocycles. The first-order valence-electron chi connectivity index (χ1n) is 6.79. The first kappa shape index (κ1) is 13.4. The molecular weight excluding hydrogens is 224 g/mol. The van der Waals surface area contributed by atoms with Crippen LogP contribution in [0.1, 0.15) is 37.3 Å². The number of hydrogen-bond acceptors (Lipinski definition) is 3. The third-order valence-corrected chi connectivity index (χ3v) is 3.90. The van der Waals surface area contributed by atoms with E-state index in [0.717, 1.165) is 32.4 Å². The Labute approximate surface area is 110 Å². The number of hydrogen-bond donors (Lipinski definition) is 2. The Bertz CT molecular complexity index is 415. The lowest BCUT2D eigenvalue weighted by Crippen LogP contribution is -2.28. The number of aryl methyl sites for hydroxylation is 1. The fraction of sp³-hybridized carbons (Fsp3) is 0.600. The molecule has 0 spiro atoms. The fourth-order valence-electron chi connectivity index (χ4n) is 2.70. The molecule has 1 aliphatic heterocycles. The number of rotatable bonds is 2. The molecule has 0 saturated carbocycles. The zero-order chi connectivity index (χ0) is 13.2. The number of anilines is 1. The summed E-state index contributed by atoms with van der Waals surface area (Å²) >= 11 is 0. The van der Waals surface area contributed by atoms with Crippen molar-refractivity contribution in [2.75, 3.05) is 18.0 Å². The number of nitrogens with two attached hydrogens (primary N) is 1. The lowest BCUT2D eigenvalue weighted by atomic mass is 9.98. The Morgan fingerprint density at radius 3 is 2.78 bits per heavy atom. The van der Waals surface area contributed by atoms with Gasteiger partial charge >= 0.3 is 0 Å². The fourth-order valence-corrected chi connectivity index (χ4v) is 2.70. The van der Waals surface area contributed by atoms with Crippen LogP contribution in [-0.2, 0) is 6.54 Å². The van der Waals surface area contributed by atoms with Gasteiger partial charge in [-0.2, -0.15) is 0 Å². The monoisotopic (exact) mass is 248 g/mol. The first-order chi connectivity index (χ1) is 8.52. The Morgan fingerprint density at radius 2 is 2.11 bits per heavy atom. The molecule has 1 fully saturated rings. The van der Waals surface area contributed by atoms with E-state index in [1.54, 1.807) is 0 Å². The van der Waals surface area contributed by atoms with E-state index >= 15 is 0 Å². The molecule has 1 aromatic rings. The average Bonchev–Trinajstić information content (AvgIpc) is 2.50. The van der Waals surface area contributed by atoms with Crippen molar-refractivity contribution in [2.45, 2.75) is 45.3 Å². The molecule has 0 aromatic heterocycles. The SMILES string of the molecule is Cc1cc(CN)ccc1N1CCCC(C)(O)CC1. The van der Waals surface area contributed by atoms with Gasteiger partial charge in [-0.05, 0) is 50.3 Å². The van der Waals surface area contributed by atoms with Crippen LogP contribution < -0.4 is 10.6 Å². The van der Waals surface area contributed by atoms with Gasteiger partial charge in [0.2, 0.25) is 0 Å². The normalized spacial score (nSPS) is 25.0. The van der Waals surface area contributed by atoms with E-state index in [1.807, 2.05) is 6.92 Å². The molecule has 18 heavy (non-hydrogen) atoms. The summed E-state index contributed by atoms with van der Waals surface area (Å²) < 4.78 is 0. The third kappa shape index (κ3) is 3.03. The maximum absolute atomic E-state index is 10.1. The highest BCUT2D eigenvalue weighted by atomic mass is 16.3. The molecule has 0 bridgehead atoms. The van der Waals surface area contributed by atoms with Crippen LogP contribution in [0.15, 0.2) is 18.2 Å². The van der Waals surface area contributed by atoms with E-state index in [9.17, 15) is 5.11 Å². The van der Waals surface area contributed by atoms with Gasteiger partial charge in [-0.1, -0.05) is 12.1 Å². The van der Waals surface area contributed by atoms with E-state index in [2.05, 4.69) is 30.0 Å². The van der Waals surface area contributed by atoms with Gasteiger partial charge in [0.1, 0.15) is 0 Å². The van der Waals surface area contributed by atoms with Crippen molar-refractivity contribution in [3.8, 4) is 0 Å². The van der Waals surface area contributed by atoms with Crippen LogP contribution in [-0.4, -0.2) is 23.8 Å². The second-order valence-corrected chi connectivity index (χ2v) is 5.66. The second-order valence-electron chi connectivity index (χ2n) is 5.66. The molecule has 1 aliphatic rings. The van der Waals surface area contributed by atoms with Gasteiger partial charge < -0.3 is 15.7 Å². The van der Waals surface area contributed by atoms with Gasteiger partial charge in [-0.25, -0.2) is 0 Å².